The zero-order valence-corrected chi connectivity index (χ0v) is 12.2. The average Bonchev–Trinajstić information content (AvgIpc) is 2.46. The van der Waals surface area contributed by atoms with Crippen molar-refractivity contribution in [2.24, 2.45) is 5.73 Å². The Morgan fingerprint density at radius 3 is 2.71 bits per heavy atom. The summed E-state index contributed by atoms with van der Waals surface area (Å²) < 4.78 is 0. The standard InChI is InChI=1S/C16H16ClN3O/c17-12-2-4-14(16(19)21)15(8-12)20-6-5-10-1-3-13(18)7-11(10)9-20/h1-4,7-8H,5-6,9,18H2,(H2,19,21). The topological polar surface area (TPSA) is 72.4 Å². The molecule has 0 saturated heterocycles. The van der Waals surface area contributed by atoms with Crippen LogP contribution in [0.3, 0.4) is 0 Å². The van der Waals surface area contributed by atoms with E-state index < -0.39 is 5.91 Å². The van der Waals surface area contributed by atoms with E-state index in [0.29, 0.717) is 17.1 Å². The smallest absolute Gasteiger partial charge is 0.250 e. The second kappa shape index (κ2) is 5.30. The summed E-state index contributed by atoms with van der Waals surface area (Å²) in [5.74, 6) is -0.444. The van der Waals surface area contributed by atoms with Crippen LogP contribution in [0.2, 0.25) is 5.02 Å². The Kier molecular flexibility index (Phi) is 3.47. The van der Waals surface area contributed by atoms with Crippen LogP contribution in [0.4, 0.5) is 11.4 Å². The number of hydrogen-bond donors (Lipinski definition) is 2. The van der Waals surface area contributed by atoms with Crippen molar-refractivity contribution in [3.05, 3.63) is 58.1 Å². The predicted octanol–water partition coefficient (Wildman–Crippen LogP) is 2.58. The molecule has 1 amide bonds. The maximum atomic E-state index is 11.6. The fourth-order valence-electron chi connectivity index (χ4n) is 2.76. The first kappa shape index (κ1) is 13.8. The van der Waals surface area contributed by atoms with E-state index >= 15 is 0 Å². The molecule has 0 aromatic heterocycles. The number of carbonyl (C=O) groups is 1. The lowest BCUT2D eigenvalue weighted by Crippen LogP contribution is -2.32. The first-order chi connectivity index (χ1) is 10.0. The van der Waals surface area contributed by atoms with E-state index in [-0.39, 0.29) is 0 Å². The molecule has 4 N–H and O–H groups in total. The van der Waals surface area contributed by atoms with Gasteiger partial charge in [-0.1, -0.05) is 17.7 Å². The number of benzene rings is 2. The number of carbonyl (C=O) groups excluding carboxylic acids is 1. The third-order valence-electron chi connectivity index (χ3n) is 3.81. The van der Waals surface area contributed by atoms with Crippen LogP contribution in [-0.2, 0) is 13.0 Å². The van der Waals surface area contributed by atoms with Gasteiger partial charge in [-0.25, -0.2) is 0 Å². The summed E-state index contributed by atoms with van der Waals surface area (Å²) in [6.45, 7) is 1.51. The Balaban J connectivity index is 1.99. The van der Waals surface area contributed by atoms with Crippen LogP contribution >= 0.6 is 11.6 Å². The number of primary amides is 1. The van der Waals surface area contributed by atoms with Crippen molar-refractivity contribution >= 4 is 28.9 Å². The minimum Gasteiger partial charge on any atom is -0.399 e. The molecule has 0 saturated carbocycles. The molecule has 0 unspecified atom stereocenters. The summed E-state index contributed by atoms with van der Waals surface area (Å²) in [6.07, 6.45) is 0.903. The molecule has 0 fully saturated rings. The lowest BCUT2D eigenvalue weighted by Gasteiger charge is -2.32. The number of nitrogens with zero attached hydrogens (tertiary/aromatic N) is 1. The Bertz CT molecular complexity index is 715. The number of fused-ring (bicyclic) bond motifs is 1. The predicted molar refractivity (Wildman–Crippen MR) is 85.6 cm³/mol. The molecule has 1 aliphatic rings. The van der Waals surface area contributed by atoms with Gasteiger partial charge in [-0.2, -0.15) is 0 Å². The highest BCUT2D eigenvalue weighted by Gasteiger charge is 2.20. The number of nitrogens with two attached hydrogens (primary N) is 2. The van der Waals surface area contributed by atoms with Gasteiger partial charge in [0.2, 0.25) is 0 Å². The quantitative estimate of drug-likeness (QED) is 0.837. The minimum atomic E-state index is -0.444. The summed E-state index contributed by atoms with van der Waals surface area (Å²) in [7, 11) is 0. The van der Waals surface area contributed by atoms with Crippen molar-refractivity contribution in [1.29, 1.82) is 0 Å². The van der Waals surface area contributed by atoms with E-state index in [2.05, 4.69) is 11.0 Å². The summed E-state index contributed by atoms with van der Waals surface area (Å²) in [6, 6.07) is 11.1. The fourth-order valence-corrected chi connectivity index (χ4v) is 2.92. The van der Waals surface area contributed by atoms with E-state index in [0.717, 1.165) is 24.3 Å². The molecule has 2 aromatic rings. The first-order valence-corrected chi connectivity index (χ1v) is 7.14. The average molecular weight is 302 g/mol. The van der Waals surface area contributed by atoms with Gasteiger partial charge < -0.3 is 16.4 Å². The van der Waals surface area contributed by atoms with Crippen molar-refractivity contribution in [1.82, 2.24) is 0 Å². The van der Waals surface area contributed by atoms with Gasteiger partial charge in [0, 0.05) is 23.8 Å². The summed E-state index contributed by atoms with van der Waals surface area (Å²) in [5, 5.41) is 0.591. The zero-order valence-electron chi connectivity index (χ0n) is 11.5. The Morgan fingerprint density at radius 1 is 1.14 bits per heavy atom. The Hall–Kier alpha value is -2.20. The van der Waals surface area contributed by atoms with Gasteiger partial charge in [-0.15, -0.1) is 0 Å². The normalized spacial score (nSPS) is 13.9. The molecule has 3 rings (SSSR count). The highest BCUT2D eigenvalue weighted by molar-refractivity contribution is 6.31. The number of hydrogen-bond acceptors (Lipinski definition) is 3. The third-order valence-corrected chi connectivity index (χ3v) is 4.04. The van der Waals surface area contributed by atoms with E-state index in [4.69, 9.17) is 23.1 Å². The molecule has 4 nitrogen and oxygen atoms in total. The monoisotopic (exact) mass is 301 g/mol. The Labute approximate surface area is 128 Å². The van der Waals surface area contributed by atoms with Crippen LogP contribution in [0.1, 0.15) is 21.5 Å². The molecule has 108 valence electrons. The maximum absolute atomic E-state index is 11.6. The lowest BCUT2D eigenvalue weighted by atomic mass is 9.98. The molecule has 21 heavy (non-hydrogen) atoms. The molecular formula is C16H16ClN3O. The molecule has 1 aliphatic heterocycles. The number of anilines is 2. The molecule has 0 radical (unpaired) electrons. The largest absolute Gasteiger partial charge is 0.399 e. The lowest BCUT2D eigenvalue weighted by molar-refractivity contribution is 0.100. The van der Waals surface area contributed by atoms with Crippen LogP contribution in [-0.4, -0.2) is 12.5 Å². The zero-order chi connectivity index (χ0) is 15.0. The minimum absolute atomic E-state index is 0.444. The number of amides is 1. The van der Waals surface area contributed by atoms with Crippen LogP contribution in [0, 0.1) is 0 Å². The highest BCUT2D eigenvalue weighted by atomic mass is 35.5. The van der Waals surface area contributed by atoms with E-state index in [1.165, 1.54) is 11.1 Å². The summed E-state index contributed by atoms with van der Waals surface area (Å²) >= 11 is 6.07. The molecule has 2 aromatic carbocycles. The molecule has 0 atom stereocenters. The molecule has 1 heterocycles. The molecule has 0 spiro atoms. The third kappa shape index (κ3) is 2.67. The van der Waals surface area contributed by atoms with Gasteiger partial charge in [0.15, 0.2) is 0 Å². The fraction of sp³-hybridized carbons (Fsp3) is 0.188. The summed E-state index contributed by atoms with van der Waals surface area (Å²) in [4.78, 5) is 13.7. The van der Waals surface area contributed by atoms with Gasteiger partial charge in [0.25, 0.3) is 5.91 Å². The number of nitrogen functional groups attached to an aromatic ring is 1. The van der Waals surface area contributed by atoms with E-state index in [1.807, 2.05) is 12.1 Å². The van der Waals surface area contributed by atoms with Crippen LogP contribution in [0.15, 0.2) is 36.4 Å². The van der Waals surface area contributed by atoms with Crippen molar-refractivity contribution < 1.29 is 4.79 Å². The van der Waals surface area contributed by atoms with Crippen LogP contribution in [0.5, 0.6) is 0 Å². The Morgan fingerprint density at radius 2 is 1.95 bits per heavy atom. The van der Waals surface area contributed by atoms with Gasteiger partial charge in [0.05, 0.1) is 11.3 Å². The molecular weight excluding hydrogens is 286 g/mol. The first-order valence-electron chi connectivity index (χ1n) is 6.76. The van der Waals surface area contributed by atoms with Gasteiger partial charge in [-0.3, -0.25) is 4.79 Å². The van der Waals surface area contributed by atoms with E-state index in [9.17, 15) is 4.79 Å². The second-order valence-corrected chi connectivity index (χ2v) is 5.66. The summed E-state index contributed by atoms with van der Waals surface area (Å²) in [5.41, 5.74) is 15.8. The maximum Gasteiger partial charge on any atom is 0.250 e. The van der Waals surface area contributed by atoms with E-state index in [1.54, 1.807) is 18.2 Å². The highest BCUT2D eigenvalue weighted by Crippen LogP contribution is 2.30. The number of rotatable bonds is 2. The molecule has 0 bridgehead atoms. The van der Waals surface area contributed by atoms with Crippen LogP contribution in [0.25, 0.3) is 0 Å². The second-order valence-electron chi connectivity index (χ2n) is 5.23. The van der Waals surface area contributed by atoms with Crippen LogP contribution < -0.4 is 16.4 Å². The van der Waals surface area contributed by atoms with Crippen molar-refractivity contribution in [3.8, 4) is 0 Å². The SMILES string of the molecule is NC(=O)c1ccc(Cl)cc1N1CCc2ccc(N)cc2C1. The molecule has 0 aliphatic carbocycles. The number of halogens is 1. The van der Waals surface area contributed by atoms with Gasteiger partial charge >= 0.3 is 0 Å². The van der Waals surface area contributed by atoms with Crippen molar-refractivity contribution in [2.75, 3.05) is 17.2 Å². The van der Waals surface area contributed by atoms with Crippen molar-refractivity contribution in [3.63, 3.8) is 0 Å². The molecule has 5 heteroatoms. The van der Waals surface area contributed by atoms with Crippen molar-refractivity contribution in [2.45, 2.75) is 13.0 Å². The van der Waals surface area contributed by atoms with Gasteiger partial charge in [0.1, 0.15) is 0 Å². The van der Waals surface area contributed by atoms with Gasteiger partial charge in [-0.05, 0) is 47.9 Å².